The van der Waals surface area contributed by atoms with Gasteiger partial charge in [0.25, 0.3) is 0 Å². The molecule has 0 aliphatic rings. The Labute approximate surface area is 133 Å². The number of hydrogen-bond donors (Lipinski definition) is 0. The maximum Gasteiger partial charge on any atom is 0.144 e. The minimum atomic E-state index is -0.589. The van der Waals surface area contributed by atoms with Gasteiger partial charge in [0.05, 0.1) is 27.6 Å². The Morgan fingerprint density at radius 1 is 1.05 bits per heavy atom. The van der Waals surface area contributed by atoms with Crippen molar-refractivity contribution < 1.29 is 8.78 Å². The average Bonchev–Trinajstić information content (AvgIpc) is 2.75. The number of imidazole rings is 1. The molecule has 0 saturated heterocycles. The summed E-state index contributed by atoms with van der Waals surface area (Å²) in [5, 5.41) is 0.187. The topological polar surface area (TPSA) is 17.8 Å². The zero-order valence-corrected chi connectivity index (χ0v) is 12.6. The second-order valence-corrected chi connectivity index (χ2v) is 5.49. The van der Waals surface area contributed by atoms with Crippen LogP contribution in [0.1, 0.15) is 5.82 Å². The monoisotopic (exact) mass is 346 g/mol. The maximum absolute atomic E-state index is 13.7. The van der Waals surface area contributed by atoms with Crippen molar-refractivity contribution in [2.45, 2.75) is 5.88 Å². The lowest BCUT2D eigenvalue weighted by Crippen LogP contribution is -2.00. The van der Waals surface area contributed by atoms with Crippen LogP contribution in [0, 0.1) is 11.6 Å². The zero-order chi connectivity index (χ0) is 15.1. The molecule has 0 atom stereocenters. The van der Waals surface area contributed by atoms with Gasteiger partial charge < -0.3 is 0 Å². The number of rotatable bonds is 2. The molecule has 0 unspecified atom stereocenters. The second kappa shape index (κ2) is 5.44. The van der Waals surface area contributed by atoms with E-state index in [0.29, 0.717) is 22.5 Å². The van der Waals surface area contributed by atoms with Crippen LogP contribution in [0.15, 0.2) is 30.3 Å². The molecule has 108 valence electrons. The smallest absolute Gasteiger partial charge is 0.144 e. The number of aromatic nitrogens is 2. The van der Waals surface area contributed by atoms with Crippen molar-refractivity contribution in [3.63, 3.8) is 0 Å². The summed E-state index contributed by atoms with van der Waals surface area (Å²) >= 11 is 17.5. The van der Waals surface area contributed by atoms with E-state index in [1.54, 1.807) is 10.6 Å². The Kier molecular flexibility index (Phi) is 3.78. The molecule has 1 heterocycles. The predicted octanol–water partition coefficient (Wildman–Crippen LogP) is 5.35. The van der Waals surface area contributed by atoms with Gasteiger partial charge in [-0.25, -0.2) is 13.8 Å². The molecule has 0 aliphatic heterocycles. The molecule has 0 fully saturated rings. The van der Waals surface area contributed by atoms with E-state index in [-0.39, 0.29) is 15.9 Å². The Morgan fingerprint density at radius 3 is 2.48 bits per heavy atom. The Balaban J connectivity index is 2.36. The predicted molar refractivity (Wildman–Crippen MR) is 80.6 cm³/mol. The fourth-order valence-corrected chi connectivity index (χ4v) is 2.72. The highest BCUT2D eigenvalue weighted by atomic mass is 35.5. The number of fused-ring (bicyclic) bond motifs is 1. The molecule has 0 aliphatic carbocycles. The lowest BCUT2D eigenvalue weighted by atomic mass is 10.2. The van der Waals surface area contributed by atoms with Crippen molar-refractivity contribution in [2.75, 3.05) is 0 Å². The second-order valence-electron chi connectivity index (χ2n) is 4.38. The largest absolute Gasteiger partial charge is 0.295 e. The fraction of sp³-hybridized carbons (Fsp3) is 0.0714. The molecule has 0 spiro atoms. The normalized spacial score (nSPS) is 11.3. The van der Waals surface area contributed by atoms with Gasteiger partial charge in [0.1, 0.15) is 17.5 Å². The molecule has 21 heavy (non-hydrogen) atoms. The first-order valence-electron chi connectivity index (χ1n) is 5.88. The van der Waals surface area contributed by atoms with Crippen molar-refractivity contribution in [1.82, 2.24) is 9.55 Å². The summed E-state index contributed by atoms with van der Waals surface area (Å²) in [6, 6.07) is 6.64. The molecular formula is C14H7Cl3F2N2. The molecule has 1 aromatic heterocycles. The van der Waals surface area contributed by atoms with Crippen LogP contribution in [0.3, 0.4) is 0 Å². The van der Waals surface area contributed by atoms with Crippen molar-refractivity contribution in [2.24, 2.45) is 0 Å². The molecule has 2 nitrogen and oxygen atoms in total. The van der Waals surface area contributed by atoms with Gasteiger partial charge in [0.15, 0.2) is 0 Å². The Morgan fingerprint density at radius 2 is 1.81 bits per heavy atom. The van der Waals surface area contributed by atoms with Gasteiger partial charge >= 0.3 is 0 Å². The average molecular weight is 348 g/mol. The number of nitrogens with zero attached hydrogens (tertiary/aromatic N) is 2. The summed E-state index contributed by atoms with van der Waals surface area (Å²) in [7, 11) is 0. The lowest BCUT2D eigenvalue weighted by Gasteiger charge is -2.09. The highest BCUT2D eigenvalue weighted by Gasteiger charge is 2.15. The van der Waals surface area contributed by atoms with E-state index < -0.39 is 11.6 Å². The van der Waals surface area contributed by atoms with E-state index in [2.05, 4.69) is 4.98 Å². The third-order valence-corrected chi connectivity index (χ3v) is 3.74. The van der Waals surface area contributed by atoms with Gasteiger partial charge in [-0.3, -0.25) is 4.57 Å². The van der Waals surface area contributed by atoms with E-state index in [1.165, 1.54) is 24.3 Å². The van der Waals surface area contributed by atoms with E-state index in [4.69, 9.17) is 34.8 Å². The van der Waals surface area contributed by atoms with Gasteiger partial charge in [0, 0.05) is 11.1 Å². The van der Waals surface area contributed by atoms with Crippen LogP contribution in [0.4, 0.5) is 8.78 Å². The summed E-state index contributed by atoms with van der Waals surface area (Å²) in [6.07, 6.45) is 0. The van der Waals surface area contributed by atoms with Crippen LogP contribution in [0.25, 0.3) is 16.7 Å². The van der Waals surface area contributed by atoms with Crippen molar-refractivity contribution in [3.05, 3.63) is 57.8 Å². The first-order chi connectivity index (χ1) is 9.99. The number of halogens is 5. The third kappa shape index (κ3) is 2.59. The summed E-state index contributed by atoms with van der Waals surface area (Å²) in [5.41, 5.74) is 1.33. The van der Waals surface area contributed by atoms with Gasteiger partial charge in [-0.1, -0.05) is 23.2 Å². The third-order valence-electron chi connectivity index (χ3n) is 2.99. The molecule has 0 saturated carbocycles. The molecule has 7 heteroatoms. The highest BCUT2D eigenvalue weighted by Crippen LogP contribution is 2.28. The highest BCUT2D eigenvalue weighted by molar-refractivity contribution is 6.31. The van der Waals surface area contributed by atoms with Crippen LogP contribution in [0.2, 0.25) is 10.0 Å². The Hall–Kier alpha value is -1.36. The Bertz CT molecular complexity index is 826. The zero-order valence-electron chi connectivity index (χ0n) is 10.4. The van der Waals surface area contributed by atoms with Gasteiger partial charge in [-0.15, -0.1) is 11.6 Å². The van der Waals surface area contributed by atoms with Crippen LogP contribution >= 0.6 is 34.8 Å². The van der Waals surface area contributed by atoms with E-state index in [0.717, 1.165) is 0 Å². The molecule has 3 rings (SSSR count). The molecule has 0 bridgehead atoms. The standard InChI is InChI=1S/C14H7Cl3F2N2/c15-6-14-20-12-4-10(17)11(19)5-13(12)21(14)9-2-7(16)1-8(18)3-9/h1-5H,6H2. The molecule has 0 amide bonds. The van der Waals surface area contributed by atoms with Crippen LogP contribution in [-0.2, 0) is 5.88 Å². The first kappa shape index (κ1) is 14.6. The minimum absolute atomic E-state index is 0.0365. The van der Waals surface area contributed by atoms with Crippen LogP contribution in [0.5, 0.6) is 0 Å². The number of alkyl halides is 1. The summed E-state index contributed by atoms with van der Waals surface area (Å²) < 4.78 is 28.8. The summed E-state index contributed by atoms with van der Waals surface area (Å²) in [4.78, 5) is 4.28. The molecule has 3 aromatic rings. The maximum atomic E-state index is 13.7. The van der Waals surface area contributed by atoms with Crippen molar-refractivity contribution in [1.29, 1.82) is 0 Å². The van der Waals surface area contributed by atoms with Crippen LogP contribution < -0.4 is 0 Å². The SMILES string of the molecule is Fc1cc(Cl)cc(-n2c(CCl)nc3cc(Cl)c(F)cc32)c1. The number of benzene rings is 2. The van der Waals surface area contributed by atoms with E-state index in [1.807, 2.05) is 0 Å². The molecule has 2 aromatic carbocycles. The van der Waals surface area contributed by atoms with E-state index >= 15 is 0 Å². The summed E-state index contributed by atoms with van der Waals surface area (Å²) in [6.45, 7) is 0. The summed E-state index contributed by atoms with van der Waals surface area (Å²) in [5.74, 6) is -0.583. The van der Waals surface area contributed by atoms with Gasteiger partial charge in [-0.2, -0.15) is 0 Å². The van der Waals surface area contributed by atoms with Crippen molar-refractivity contribution >= 4 is 45.8 Å². The molecule has 0 radical (unpaired) electrons. The molecular weight excluding hydrogens is 341 g/mol. The minimum Gasteiger partial charge on any atom is -0.295 e. The first-order valence-corrected chi connectivity index (χ1v) is 7.17. The van der Waals surface area contributed by atoms with Crippen molar-refractivity contribution in [3.8, 4) is 5.69 Å². The lowest BCUT2D eigenvalue weighted by molar-refractivity contribution is 0.626. The molecule has 0 N–H and O–H groups in total. The quantitative estimate of drug-likeness (QED) is 0.571. The van der Waals surface area contributed by atoms with Gasteiger partial charge in [-0.05, 0) is 24.3 Å². The fourth-order valence-electron chi connectivity index (χ4n) is 2.17. The number of hydrogen-bond acceptors (Lipinski definition) is 1. The van der Waals surface area contributed by atoms with Crippen LogP contribution in [-0.4, -0.2) is 9.55 Å². The van der Waals surface area contributed by atoms with E-state index in [9.17, 15) is 8.78 Å². The van der Waals surface area contributed by atoms with Gasteiger partial charge in [0.2, 0.25) is 0 Å².